The maximum absolute atomic E-state index is 12.6. The van der Waals surface area contributed by atoms with Gasteiger partial charge in [0.25, 0.3) is 0 Å². The van der Waals surface area contributed by atoms with Crippen LogP contribution in [0.15, 0.2) is 71.1 Å². The van der Waals surface area contributed by atoms with E-state index in [2.05, 4.69) is 21.9 Å². The van der Waals surface area contributed by atoms with E-state index in [-0.39, 0.29) is 5.91 Å². The SMILES string of the molecule is CSc1ccccc1NC(=O)CN(C)Cc1c(-c2ccccc2)nc2sccn12. The van der Waals surface area contributed by atoms with Gasteiger partial charge in [-0.25, -0.2) is 4.98 Å². The summed E-state index contributed by atoms with van der Waals surface area (Å²) in [6.07, 6.45) is 4.05. The largest absolute Gasteiger partial charge is 0.324 e. The maximum Gasteiger partial charge on any atom is 0.238 e. The Bertz CT molecular complexity index is 1120. The number of thioether (sulfide) groups is 1. The fourth-order valence-electron chi connectivity index (χ4n) is 3.31. The first-order valence-corrected chi connectivity index (χ1v) is 11.4. The molecule has 1 N–H and O–H groups in total. The minimum absolute atomic E-state index is 0.0265. The second-order valence-electron chi connectivity index (χ2n) is 6.75. The molecule has 2 aromatic heterocycles. The van der Waals surface area contributed by atoms with Gasteiger partial charge >= 0.3 is 0 Å². The van der Waals surface area contributed by atoms with E-state index in [1.807, 2.05) is 72.2 Å². The molecule has 7 heteroatoms. The molecule has 4 rings (SSSR count). The molecule has 0 aliphatic rings. The fraction of sp³-hybridized carbons (Fsp3) is 0.182. The van der Waals surface area contributed by atoms with Crippen LogP contribution in [-0.2, 0) is 11.3 Å². The zero-order chi connectivity index (χ0) is 20.2. The zero-order valence-corrected chi connectivity index (χ0v) is 18.0. The van der Waals surface area contributed by atoms with Gasteiger partial charge in [0.05, 0.1) is 23.6 Å². The van der Waals surface area contributed by atoms with Crippen molar-refractivity contribution in [2.24, 2.45) is 0 Å². The molecule has 0 bridgehead atoms. The number of hydrogen-bond acceptors (Lipinski definition) is 5. The van der Waals surface area contributed by atoms with Crippen LogP contribution in [0.2, 0.25) is 0 Å². The lowest BCUT2D eigenvalue weighted by atomic mass is 10.1. The highest BCUT2D eigenvalue weighted by atomic mass is 32.2. The topological polar surface area (TPSA) is 49.6 Å². The van der Waals surface area contributed by atoms with E-state index in [0.717, 1.165) is 32.5 Å². The van der Waals surface area contributed by atoms with Crippen molar-refractivity contribution in [3.8, 4) is 11.3 Å². The van der Waals surface area contributed by atoms with Crippen molar-refractivity contribution in [2.75, 3.05) is 25.2 Å². The third-order valence-electron chi connectivity index (χ3n) is 4.62. The number of likely N-dealkylation sites (N-methyl/N-ethyl adjacent to an activating group) is 1. The van der Waals surface area contributed by atoms with Crippen molar-refractivity contribution < 1.29 is 4.79 Å². The first-order valence-electron chi connectivity index (χ1n) is 9.27. The highest BCUT2D eigenvalue weighted by Crippen LogP contribution is 2.28. The molecule has 0 unspecified atom stereocenters. The Morgan fingerprint density at radius 2 is 1.93 bits per heavy atom. The lowest BCUT2D eigenvalue weighted by Gasteiger charge is -2.17. The van der Waals surface area contributed by atoms with Crippen LogP contribution >= 0.6 is 23.1 Å². The molecule has 0 fully saturated rings. The minimum atomic E-state index is -0.0265. The molecular formula is C22H22N4OS2. The van der Waals surface area contributed by atoms with Crippen molar-refractivity contribution in [2.45, 2.75) is 11.4 Å². The van der Waals surface area contributed by atoms with Gasteiger partial charge in [-0.05, 0) is 25.4 Å². The molecule has 2 heterocycles. The lowest BCUT2D eigenvalue weighted by Crippen LogP contribution is -2.30. The standard InChI is InChI=1S/C22H22N4OS2/c1-25(15-20(27)23-17-10-6-7-11-19(17)28-2)14-18-21(16-8-4-3-5-9-16)24-22-26(18)12-13-29-22/h3-13H,14-15H2,1-2H3,(H,23,27). The number of imidazole rings is 1. The van der Waals surface area contributed by atoms with Gasteiger partial charge in [-0.1, -0.05) is 42.5 Å². The van der Waals surface area contributed by atoms with E-state index in [9.17, 15) is 4.79 Å². The van der Waals surface area contributed by atoms with E-state index in [1.165, 1.54) is 0 Å². The molecule has 0 aliphatic carbocycles. The molecule has 4 aromatic rings. The number of carbonyl (C=O) groups is 1. The second-order valence-corrected chi connectivity index (χ2v) is 8.47. The number of thiazole rings is 1. The van der Waals surface area contributed by atoms with Gasteiger partial charge < -0.3 is 5.32 Å². The molecule has 1 amide bonds. The normalized spacial score (nSPS) is 11.3. The number of amides is 1. The van der Waals surface area contributed by atoms with Gasteiger partial charge in [0.1, 0.15) is 0 Å². The highest BCUT2D eigenvalue weighted by molar-refractivity contribution is 7.98. The van der Waals surface area contributed by atoms with E-state index in [4.69, 9.17) is 4.98 Å². The fourth-order valence-corrected chi connectivity index (χ4v) is 4.59. The lowest BCUT2D eigenvalue weighted by molar-refractivity contribution is -0.117. The van der Waals surface area contributed by atoms with E-state index < -0.39 is 0 Å². The van der Waals surface area contributed by atoms with Crippen LogP contribution in [0, 0.1) is 0 Å². The molecule has 29 heavy (non-hydrogen) atoms. The van der Waals surface area contributed by atoms with Crippen LogP contribution in [0.1, 0.15) is 5.69 Å². The summed E-state index contributed by atoms with van der Waals surface area (Å²) in [5.74, 6) is -0.0265. The second kappa shape index (κ2) is 8.82. The zero-order valence-electron chi connectivity index (χ0n) is 16.3. The smallest absolute Gasteiger partial charge is 0.238 e. The molecule has 0 saturated heterocycles. The minimum Gasteiger partial charge on any atom is -0.324 e. The molecule has 0 spiro atoms. The molecule has 0 saturated carbocycles. The molecule has 5 nitrogen and oxygen atoms in total. The Kier molecular flexibility index (Phi) is 5.99. The summed E-state index contributed by atoms with van der Waals surface area (Å²) in [7, 11) is 1.96. The summed E-state index contributed by atoms with van der Waals surface area (Å²) in [4.78, 5) is 21.5. The number of carbonyl (C=O) groups excluding carboxylic acids is 1. The number of hydrogen-bond donors (Lipinski definition) is 1. The Morgan fingerprint density at radius 1 is 1.17 bits per heavy atom. The Morgan fingerprint density at radius 3 is 2.72 bits per heavy atom. The van der Waals surface area contributed by atoms with Crippen LogP contribution in [0.5, 0.6) is 0 Å². The Hall–Kier alpha value is -2.61. The quantitative estimate of drug-likeness (QED) is 0.432. The van der Waals surface area contributed by atoms with Gasteiger partial charge in [0, 0.05) is 28.6 Å². The van der Waals surface area contributed by atoms with Gasteiger partial charge in [0.15, 0.2) is 4.96 Å². The number of rotatable bonds is 7. The summed E-state index contributed by atoms with van der Waals surface area (Å²) in [5, 5.41) is 5.06. The van der Waals surface area contributed by atoms with Crippen molar-refractivity contribution in [1.29, 1.82) is 0 Å². The molecule has 148 valence electrons. The summed E-state index contributed by atoms with van der Waals surface area (Å²) in [5.41, 5.74) is 4.00. The number of nitrogens with zero attached hydrogens (tertiary/aromatic N) is 3. The van der Waals surface area contributed by atoms with Crippen molar-refractivity contribution in [3.05, 3.63) is 71.9 Å². The van der Waals surface area contributed by atoms with Crippen molar-refractivity contribution in [1.82, 2.24) is 14.3 Å². The molecule has 2 aromatic carbocycles. The Balaban J connectivity index is 1.51. The monoisotopic (exact) mass is 422 g/mol. The predicted octanol–water partition coefficient (Wildman–Crippen LogP) is 4.86. The first-order chi connectivity index (χ1) is 14.2. The van der Waals surface area contributed by atoms with Crippen LogP contribution < -0.4 is 5.32 Å². The summed E-state index contributed by atoms with van der Waals surface area (Å²) >= 11 is 3.24. The Labute approximate surface area is 178 Å². The van der Waals surface area contributed by atoms with Crippen LogP contribution in [-0.4, -0.2) is 40.0 Å². The predicted molar refractivity (Wildman–Crippen MR) is 122 cm³/mol. The summed E-state index contributed by atoms with van der Waals surface area (Å²) < 4.78 is 2.12. The maximum atomic E-state index is 12.6. The first kappa shape index (κ1) is 19.7. The molecule has 0 aliphatic heterocycles. The van der Waals surface area contributed by atoms with Crippen molar-refractivity contribution in [3.63, 3.8) is 0 Å². The average Bonchev–Trinajstić information content (AvgIpc) is 3.31. The average molecular weight is 423 g/mol. The molecule has 0 radical (unpaired) electrons. The van der Waals surface area contributed by atoms with Gasteiger partial charge in [-0.2, -0.15) is 0 Å². The number of para-hydroxylation sites is 1. The number of benzene rings is 2. The van der Waals surface area contributed by atoms with Crippen LogP contribution in [0.4, 0.5) is 5.69 Å². The molecule has 0 atom stereocenters. The number of anilines is 1. The van der Waals surface area contributed by atoms with Crippen LogP contribution in [0.25, 0.3) is 16.2 Å². The van der Waals surface area contributed by atoms with Crippen LogP contribution in [0.3, 0.4) is 0 Å². The van der Waals surface area contributed by atoms with Gasteiger partial charge in [0.2, 0.25) is 5.91 Å². The summed E-state index contributed by atoms with van der Waals surface area (Å²) in [6.45, 7) is 0.925. The highest BCUT2D eigenvalue weighted by Gasteiger charge is 2.18. The van der Waals surface area contributed by atoms with Crippen molar-refractivity contribution >= 4 is 39.7 Å². The number of fused-ring (bicyclic) bond motifs is 1. The van der Waals surface area contributed by atoms with Gasteiger partial charge in [-0.3, -0.25) is 14.1 Å². The van der Waals surface area contributed by atoms with E-state index >= 15 is 0 Å². The number of aromatic nitrogens is 2. The third kappa shape index (κ3) is 4.37. The van der Waals surface area contributed by atoms with E-state index in [0.29, 0.717) is 13.1 Å². The summed E-state index contributed by atoms with van der Waals surface area (Å²) in [6, 6.07) is 18.0. The molecular weight excluding hydrogens is 400 g/mol. The number of nitrogens with one attached hydrogen (secondary N) is 1. The third-order valence-corrected chi connectivity index (χ3v) is 6.17. The van der Waals surface area contributed by atoms with E-state index in [1.54, 1.807) is 23.1 Å². The van der Waals surface area contributed by atoms with Gasteiger partial charge in [-0.15, -0.1) is 23.1 Å².